The molecule has 0 unspecified atom stereocenters. The zero-order valence-electron chi connectivity index (χ0n) is 16.4. The molecular weight excluding hydrogens is 470 g/mol. The van der Waals surface area contributed by atoms with E-state index in [0.29, 0.717) is 36.2 Å². The van der Waals surface area contributed by atoms with E-state index >= 15 is 0 Å². The van der Waals surface area contributed by atoms with Gasteiger partial charge in [0.1, 0.15) is 6.61 Å². The van der Waals surface area contributed by atoms with Gasteiger partial charge in [-0.15, -0.1) is 0 Å². The summed E-state index contributed by atoms with van der Waals surface area (Å²) in [6, 6.07) is 17.5. The van der Waals surface area contributed by atoms with E-state index in [1.165, 1.54) is 0 Å². The van der Waals surface area contributed by atoms with Crippen LogP contribution in [0.4, 0.5) is 0 Å². The first-order chi connectivity index (χ1) is 14.6. The molecular formula is C23H21BrClNO4. The third-order valence-electron chi connectivity index (χ3n) is 4.76. The van der Waals surface area contributed by atoms with Crippen LogP contribution in [0, 0.1) is 0 Å². The summed E-state index contributed by atoms with van der Waals surface area (Å²) in [5.41, 5.74) is 3.12. The minimum atomic E-state index is 0.282. The van der Waals surface area contributed by atoms with Crippen molar-refractivity contribution in [2.75, 3.05) is 13.9 Å². The van der Waals surface area contributed by atoms with Crippen LogP contribution in [0.3, 0.4) is 0 Å². The third-order valence-corrected chi connectivity index (χ3v) is 5.86. The Morgan fingerprint density at radius 3 is 2.63 bits per heavy atom. The molecule has 1 aliphatic heterocycles. The van der Waals surface area contributed by atoms with Crippen LogP contribution in [0.15, 0.2) is 59.1 Å². The lowest BCUT2D eigenvalue weighted by atomic mass is 10.1. The lowest BCUT2D eigenvalue weighted by molar-refractivity contribution is 0.174. The van der Waals surface area contributed by atoms with E-state index < -0.39 is 0 Å². The van der Waals surface area contributed by atoms with Crippen molar-refractivity contribution in [1.29, 1.82) is 0 Å². The van der Waals surface area contributed by atoms with Crippen molar-refractivity contribution < 1.29 is 18.9 Å². The van der Waals surface area contributed by atoms with Gasteiger partial charge in [0, 0.05) is 28.1 Å². The second kappa shape index (κ2) is 9.60. The van der Waals surface area contributed by atoms with Gasteiger partial charge in [-0.2, -0.15) is 0 Å². The monoisotopic (exact) mass is 489 g/mol. The number of rotatable bonds is 8. The molecule has 7 heteroatoms. The molecule has 0 radical (unpaired) electrons. The fraction of sp³-hybridized carbons (Fsp3) is 0.217. The van der Waals surface area contributed by atoms with Gasteiger partial charge in [0.25, 0.3) is 0 Å². The Labute approximate surface area is 189 Å². The average molecular weight is 491 g/mol. The molecule has 0 spiro atoms. The largest absolute Gasteiger partial charge is 0.493 e. The number of ether oxygens (including phenoxy) is 4. The van der Waals surface area contributed by atoms with Crippen LogP contribution in [0.25, 0.3) is 0 Å². The van der Waals surface area contributed by atoms with Crippen molar-refractivity contribution in [1.82, 2.24) is 5.32 Å². The lowest BCUT2D eigenvalue weighted by Gasteiger charge is -2.15. The second-order valence-corrected chi connectivity index (χ2v) is 8.03. The van der Waals surface area contributed by atoms with Gasteiger partial charge in [-0.05, 0) is 41.5 Å². The Hall–Kier alpha value is -2.41. The standard InChI is InChI=1S/C23H21BrClNO4/c1-27-21-9-17(12-26-11-15-6-7-20-22(8-15)30-14-29-20)18(24)10-23(21)28-13-16-4-2-3-5-19(16)25/h2-10,26H,11-14H2,1H3. The van der Waals surface area contributed by atoms with Crippen molar-refractivity contribution in [3.05, 3.63) is 80.8 Å². The molecule has 0 aliphatic carbocycles. The molecule has 0 atom stereocenters. The predicted octanol–water partition coefficient (Wildman–Crippen LogP) is 5.71. The fourth-order valence-corrected chi connectivity index (χ4v) is 3.80. The van der Waals surface area contributed by atoms with E-state index in [1.54, 1.807) is 7.11 Å². The molecule has 4 rings (SSSR count). The Bertz CT molecular complexity index is 1040. The molecule has 0 saturated heterocycles. The molecule has 0 amide bonds. The van der Waals surface area contributed by atoms with Gasteiger partial charge >= 0.3 is 0 Å². The van der Waals surface area contributed by atoms with E-state index in [0.717, 1.165) is 32.7 Å². The van der Waals surface area contributed by atoms with Crippen molar-refractivity contribution in [2.24, 2.45) is 0 Å². The van der Waals surface area contributed by atoms with Crippen molar-refractivity contribution in [3.8, 4) is 23.0 Å². The summed E-state index contributed by atoms with van der Waals surface area (Å²) in [6.07, 6.45) is 0. The van der Waals surface area contributed by atoms with E-state index in [4.69, 9.17) is 30.5 Å². The predicted molar refractivity (Wildman–Crippen MR) is 120 cm³/mol. The van der Waals surface area contributed by atoms with Gasteiger partial charge < -0.3 is 24.3 Å². The van der Waals surface area contributed by atoms with Crippen LogP contribution < -0.4 is 24.3 Å². The fourth-order valence-electron chi connectivity index (χ4n) is 3.15. The highest BCUT2D eigenvalue weighted by molar-refractivity contribution is 9.10. The summed E-state index contributed by atoms with van der Waals surface area (Å²) in [4.78, 5) is 0. The SMILES string of the molecule is COc1cc(CNCc2ccc3c(c2)OCO3)c(Br)cc1OCc1ccccc1Cl. The molecule has 1 aliphatic rings. The number of nitrogens with one attached hydrogen (secondary N) is 1. The molecule has 0 aromatic heterocycles. The first kappa shape index (κ1) is 20.8. The maximum atomic E-state index is 6.22. The van der Waals surface area contributed by atoms with Gasteiger partial charge in [0.05, 0.1) is 7.11 Å². The molecule has 3 aromatic rings. The molecule has 3 aromatic carbocycles. The summed E-state index contributed by atoms with van der Waals surface area (Å²) < 4.78 is 23.2. The van der Waals surface area contributed by atoms with Crippen LogP contribution >= 0.6 is 27.5 Å². The van der Waals surface area contributed by atoms with Crippen LogP contribution in [-0.2, 0) is 19.7 Å². The summed E-state index contributed by atoms with van der Waals surface area (Å²) >= 11 is 9.86. The minimum absolute atomic E-state index is 0.282. The second-order valence-electron chi connectivity index (χ2n) is 6.77. The van der Waals surface area contributed by atoms with E-state index in [9.17, 15) is 0 Å². The first-order valence-corrected chi connectivity index (χ1v) is 10.6. The van der Waals surface area contributed by atoms with E-state index in [1.807, 2.05) is 54.6 Å². The van der Waals surface area contributed by atoms with Gasteiger partial charge in [-0.3, -0.25) is 0 Å². The molecule has 5 nitrogen and oxygen atoms in total. The smallest absolute Gasteiger partial charge is 0.231 e. The number of methoxy groups -OCH3 is 1. The molecule has 0 fully saturated rings. The maximum absolute atomic E-state index is 6.22. The third kappa shape index (κ3) is 4.83. The van der Waals surface area contributed by atoms with Crippen LogP contribution in [0.2, 0.25) is 5.02 Å². The molecule has 156 valence electrons. The molecule has 30 heavy (non-hydrogen) atoms. The maximum Gasteiger partial charge on any atom is 0.231 e. The minimum Gasteiger partial charge on any atom is -0.493 e. The summed E-state index contributed by atoms with van der Waals surface area (Å²) in [5, 5.41) is 4.13. The molecule has 1 N–H and O–H groups in total. The van der Waals surface area contributed by atoms with Crippen LogP contribution in [0.5, 0.6) is 23.0 Å². The first-order valence-electron chi connectivity index (χ1n) is 9.46. The Morgan fingerprint density at radius 1 is 0.967 bits per heavy atom. The highest BCUT2D eigenvalue weighted by Gasteiger charge is 2.14. The van der Waals surface area contributed by atoms with Crippen molar-refractivity contribution in [2.45, 2.75) is 19.7 Å². The number of hydrogen-bond donors (Lipinski definition) is 1. The zero-order valence-corrected chi connectivity index (χ0v) is 18.8. The van der Waals surface area contributed by atoms with E-state index in [-0.39, 0.29) is 6.79 Å². The van der Waals surface area contributed by atoms with Gasteiger partial charge in [0.15, 0.2) is 23.0 Å². The molecule has 1 heterocycles. The van der Waals surface area contributed by atoms with Crippen LogP contribution in [0.1, 0.15) is 16.7 Å². The summed E-state index contributed by atoms with van der Waals surface area (Å²) in [5.74, 6) is 2.91. The molecule has 0 saturated carbocycles. The highest BCUT2D eigenvalue weighted by atomic mass is 79.9. The van der Waals surface area contributed by atoms with E-state index in [2.05, 4.69) is 21.2 Å². The normalized spacial score (nSPS) is 12.1. The van der Waals surface area contributed by atoms with Gasteiger partial charge in [0.2, 0.25) is 6.79 Å². The van der Waals surface area contributed by atoms with Crippen molar-refractivity contribution in [3.63, 3.8) is 0 Å². The average Bonchev–Trinajstić information content (AvgIpc) is 3.22. The van der Waals surface area contributed by atoms with Crippen LogP contribution in [-0.4, -0.2) is 13.9 Å². The zero-order chi connectivity index (χ0) is 20.9. The highest BCUT2D eigenvalue weighted by Crippen LogP contribution is 2.35. The Kier molecular flexibility index (Phi) is 6.67. The quantitative estimate of drug-likeness (QED) is 0.438. The number of fused-ring (bicyclic) bond motifs is 1. The Morgan fingerprint density at radius 2 is 1.80 bits per heavy atom. The summed E-state index contributed by atoms with van der Waals surface area (Å²) in [7, 11) is 1.63. The number of halogens is 2. The lowest BCUT2D eigenvalue weighted by Crippen LogP contribution is -2.13. The van der Waals surface area contributed by atoms with Crippen molar-refractivity contribution >= 4 is 27.5 Å². The topological polar surface area (TPSA) is 49.0 Å². The Balaban J connectivity index is 1.39. The van der Waals surface area contributed by atoms with Gasteiger partial charge in [-0.25, -0.2) is 0 Å². The molecule has 0 bridgehead atoms. The number of benzene rings is 3. The number of hydrogen-bond acceptors (Lipinski definition) is 5. The van der Waals surface area contributed by atoms with Gasteiger partial charge in [-0.1, -0.05) is 51.8 Å². The summed E-state index contributed by atoms with van der Waals surface area (Å²) in [6.45, 7) is 2.01.